The highest BCUT2D eigenvalue weighted by Crippen LogP contribution is 2.48. The molecule has 0 fully saturated rings. The van der Waals surface area contributed by atoms with Gasteiger partial charge in [0, 0.05) is 44.2 Å². The number of furan rings is 1. The van der Waals surface area contributed by atoms with Crippen molar-refractivity contribution in [3.05, 3.63) is 194 Å². The Kier molecular flexibility index (Phi) is 7.42. The van der Waals surface area contributed by atoms with Crippen LogP contribution >= 0.6 is 0 Å². The van der Waals surface area contributed by atoms with E-state index in [0.717, 1.165) is 88.0 Å². The Bertz CT molecular complexity index is 3130. The summed E-state index contributed by atoms with van der Waals surface area (Å²) in [6.07, 6.45) is 0. The number of rotatable bonds is 6. The van der Waals surface area contributed by atoms with Gasteiger partial charge in [-0.2, -0.15) is 0 Å². The van der Waals surface area contributed by atoms with Gasteiger partial charge in [0.15, 0.2) is 23.1 Å². The molecule has 0 aliphatic rings. The maximum atomic E-state index is 6.99. The highest BCUT2D eigenvalue weighted by Gasteiger charge is 2.25. The Balaban J connectivity index is 1.19. The van der Waals surface area contributed by atoms with E-state index in [2.05, 4.69) is 175 Å². The van der Waals surface area contributed by atoms with E-state index in [9.17, 15) is 0 Å². The van der Waals surface area contributed by atoms with Crippen LogP contribution in [-0.4, -0.2) is 15.0 Å². The predicted octanol–water partition coefficient (Wildman–Crippen LogP) is 13.7. The summed E-state index contributed by atoms with van der Waals surface area (Å²) in [5.74, 6) is 1.80. The Morgan fingerprint density at radius 1 is 0.375 bits per heavy atom. The third-order valence-electron chi connectivity index (χ3n) is 10.6. The molecule has 11 rings (SSSR count). The minimum atomic E-state index is 0.581. The van der Waals surface area contributed by atoms with Crippen molar-refractivity contribution in [2.75, 3.05) is 4.90 Å². The van der Waals surface area contributed by atoms with Crippen LogP contribution in [0.2, 0.25) is 0 Å². The third-order valence-corrected chi connectivity index (χ3v) is 10.6. The van der Waals surface area contributed by atoms with Crippen LogP contribution in [0.15, 0.2) is 199 Å². The molecule has 0 N–H and O–H groups in total. The maximum absolute atomic E-state index is 6.99. The quantitative estimate of drug-likeness (QED) is 0.171. The minimum Gasteiger partial charge on any atom is -0.454 e. The van der Waals surface area contributed by atoms with Gasteiger partial charge in [-0.1, -0.05) is 146 Å². The molecule has 0 spiro atoms. The average Bonchev–Trinajstić information content (AvgIpc) is 3.65. The maximum Gasteiger partial charge on any atom is 0.164 e. The Labute approximate surface area is 322 Å². The molecular weight excluding hydrogens is 685 g/mol. The van der Waals surface area contributed by atoms with Crippen LogP contribution < -0.4 is 4.90 Å². The van der Waals surface area contributed by atoms with E-state index in [4.69, 9.17) is 19.4 Å². The number of aromatic nitrogens is 3. The minimum absolute atomic E-state index is 0.581. The van der Waals surface area contributed by atoms with Gasteiger partial charge in [-0.05, 0) is 75.5 Å². The number of hydrogen-bond acceptors (Lipinski definition) is 5. The van der Waals surface area contributed by atoms with Crippen LogP contribution in [0.5, 0.6) is 0 Å². The molecule has 0 aliphatic carbocycles. The first-order chi connectivity index (χ1) is 27.7. The molecule has 0 unspecified atom stereocenters. The number of para-hydroxylation sites is 2. The summed E-state index contributed by atoms with van der Waals surface area (Å²) < 4.78 is 6.99. The van der Waals surface area contributed by atoms with E-state index >= 15 is 0 Å². The number of anilines is 3. The summed E-state index contributed by atoms with van der Waals surface area (Å²) in [5, 5.41) is 8.72. The summed E-state index contributed by atoms with van der Waals surface area (Å²) in [5.41, 5.74) is 7.32. The third kappa shape index (κ3) is 5.37. The Morgan fingerprint density at radius 3 is 1.50 bits per heavy atom. The first-order valence-electron chi connectivity index (χ1n) is 18.8. The Hall–Kier alpha value is -7.63. The standard InChI is InChI=1S/C51H32N4O/c1-3-19-40(20-4-1)55(41-21-5-2-6-22-41)47-42-23-12-11-18-37(42)32-44-46-43(24-13-25-45(46)56-48(44)47)51-53-49(38-28-26-33-14-7-9-16-35(33)30-38)52-50(54-51)39-29-27-34-15-8-10-17-36(34)31-39/h1-32H. The lowest BCUT2D eigenvalue weighted by Gasteiger charge is -2.27. The molecule has 0 atom stereocenters. The van der Waals surface area contributed by atoms with Crippen molar-refractivity contribution in [3.63, 3.8) is 0 Å². The molecule has 2 heterocycles. The van der Waals surface area contributed by atoms with Gasteiger partial charge in [-0.15, -0.1) is 0 Å². The first-order valence-corrected chi connectivity index (χ1v) is 18.8. The van der Waals surface area contributed by atoms with Gasteiger partial charge in [0.05, 0.1) is 5.69 Å². The fourth-order valence-corrected chi connectivity index (χ4v) is 7.98. The number of nitrogens with zero attached hydrogens (tertiary/aromatic N) is 4. The fourth-order valence-electron chi connectivity index (χ4n) is 7.98. The number of benzene rings is 9. The van der Waals surface area contributed by atoms with Crippen LogP contribution in [0, 0.1) is 0 Å². The second kappa shape index (κ2) is 13.0. The summed E-state index contributed by atoms with van der Waals surface area (Å²) >= 11 is 0. The molecule has 0 saturated carbocycles. The van der Waals surface area contributed by atoms with Crippen LogP contribution in [0.4, 0.5) is 17.1 Å². The molecule has 0 saturated heterocycles. The molecule has 56 heavy (non-hydrogen) atoms. The largest absolute Gasteiger partial charge is 0.454 e. The molecule has 0 amide bonds. The molecule has 5 nitrogen and oxygen atoms in total. The lowest BCUT2D eigenvalue weighted by Crippen LogP contribution is -2.10. The van der Waals surface area contributed by atoms with Gasteiger partial charge < -0.3 is 9.32 Å². The van der Waals surface area contributed by atoms with Gasteiger partial charge in [0.25, 0.3) is 0 Å². The second-order valence-electron chi connectivity index (χ2n) is 14.0. The van der Waals surface area contributed by atoms with Crippen molar-refractivity contribution in [1.82, 2.24) is 15.0 Å². The van der Waals surface area contributed by atoms with Crippen molar-refractivity contribution in [1.29, 1.82) is 0 Å². The summed E-state index contributed by atoms with van der Waals surface area (Å²) in [4.78, 5) is 17.9. The number of fused-ring (bicyclic) bond motifs is 6. The van der Waals surface area contributed by atoms with E-state index in [1.165, 1.54) is 0 Å². The molecule has 5 heteroatoms. The van der Waals surface area contributed by atoms with Gasteiger partial charge in [0.2, 0.25) is 0 Å². The van der Waals surface area contributed by atoms with Crippen molar-refractivity contribution < 1.29 is 4.42 Å². The summed E-state index contributed by atoms with van der Waals surface area (Å²) in [6, 6.07) is 67.4. The lowest BCUT2D eigenvalue weighted by molar-refractivity contribution is 0.669. The monoisotopic (exact) mass is 716 g/mol. The van der Waals surface area contributed by atoms with Crippen LogP contribution in [0.25, 0.3) is 88.4 Å². The van der Waals surface area contributed by atoms with Crippen molar-refractivity contribution in [2.45, 2.75) is 0 Å². The molecular formula is C51H32N4O. The van der Waals surface area contributed by atoms with Crippen molar-refractivity contribution >= 4 is 71.3 Å². The average molecular weight is 717 g/mol. The highest BCUT2D eigenvalue weighted by atomic mass is 16.3. The van der Waals surface area contributed by atoms with Gasteiger partial charge in [-0.25, -0.2) is 15.0 Å². The summed E-state index contributed by atoms with van der Waals surface area (Å²) in [6.45, 7) is 0. The van der Waals surface area contributed by atoms with Crippen LogP contribution in [0.1, 0.15) is 0 Å². The zero-order chi connectivity index (χ0) is 37.0. The molecule has 2 aromatic heterocycles. The van der Waals surface area contributed by atoms with E-state index in [1.807, 2.05) is 24.3 Å². The SMILES string of the molecule is c1ccc(N(c2ccccc2)c2c3ccccc3cc3c2oc2cccc(-c4nc(-c5ccc6ccccc6c5)nc(-c5ccc6ccccc6c5)n4)c23)cc1. The topological polar surface area (TPSA) is 55.1 Å². The predicted molar refractivity (Wildman–Crippen MR) is 231 cm³/mol. The number of hydrogen-bond donors (Lipinski definition) is 0. The van der Waals surface area contributed by atoms with Crippen molar-refractivity contribution in [2.24, 2.45) is 0 Å². The second-order valence-corrected chi connectivity index (χ2v) is 14.0. The zero-order valence-corrected chi connectivity index (χ0v) is 30.2. The lowest BCUT2D eigenvalue weighted by atomic mass is 9.99. The van der Waals surface area contributed by atoms with E-state index in [-0.39, 0.29) is 0 Å². The zero-order valence-electron chi connectivity index (χ0n) is 30.2. The molecule has 262 valence electrons. The first kappa shape index (κ1) is 31.9. The molecule has 0 radical (unpaired) electrons. The molecule has 0 bridgehead atoms. The van der Waals surface area contributed by atoms with Crippen LogP contribution in [-0.2, 0) is 0 Å². The van der Waals surface area contributed by atoms with Gasteiger partial charge in [0.1, 0.15) is 5.58 Å². The highest BCUT2D eigenvalue weighted by molar-refractivity contribution is 6.22. The molecule has 9 aromatic carbocycles. The molecule has 11 aromatic rings. The van der Waals surface area contributed by atoms with E-state index in [1.54, 1.807) is 0 Å². The van der Waals surface area contributed by atoms with Crippen molar-refractivity contribution in [3.8, 4) is 34.2 Å². The normalized spacial score (nSPS) is 11.6. The van der Waals surface area contributed by atoms with Gasteiger partial charge >= 0.3 is 0 Å². The smallest absolute Gasteiger partial charge is 0.164 e. The van der Waals surface area contributed by atoms with E-state index in [0.29, 0.717) is 17.5 Å². The van der Waals surface area contributed by atoms with E-state index < -0.39 is 0 Å². The summed E-state index contributed by atoms with van der Waals surface area (Å²) in [7, 11) is 0. The fraction of sp³-hybridized carbons (Fsp3) is 0. The molecule has 0 aliphatic heterocycles. The van der Waals surface area contributed by atoms with Gasteiger partial charge in [-0.3, -0.25) is 0 Å². The Morgan fingerprint density at radius 2 is 0.893 bits per heavy atom. The van der Waals surface area contributed by atoms with Crippen LogP contribution in [0.3, 0.4) is 0 Å².